The summed E-state index contributed by atoms with van der Waals surface area (Å²) in [5.74, 6) is -0.604. The van der Waals surface area contributed by atoms with E-state index in [0.29, 0.717) is 11.3 Å². The lowest BCUT2D eigenvalue weighted by atomic mass is 10.1. The zero-order valence-corrected chi connectivity index (χ0v) is 12.5. The maximum Gasteiger partial charge on any atom is 0.275 e. The number of nitriles is 1. The largest absolute Gasteiger partial charge is 0.305 e. The fourth-order valence-electron chi connectivity index (χ4n) is 1.82. The van der Waals surface area contributed by atoms with Gasteiger partial charge in [-0.1, -0.05) is 13.8 Å². The summed E-state index contributed by atoms with van der Waals surface area (Å²) in [4.78, 5) is 20.4. The molecule has 0 radical (unpaired) electrons. The van der Waals surface area contributed by atoms with E-state index in [1.165, 1.54) is 25.1 Å². The Bertz CT molecular complexity index is 765. The molecule has 0 aliphatic heterocycles. The molecule has 0 unspecified atom stereocenters. The Hall–Kier alpha value is -2.81. The van der Waals surface area contributed by atoms with E-state index in [2.05, 4.69) is 15.3 Å². The van der Waals surface area contributed by atoms with Crippen LogP contribution in [0, 0.1) is 24.1 Å². The molecule has 0 fully saturated rings. The lowest BCUT2D eigenvalue weighted by Crippen LogP contribution is -2.16. The first-order chi connectivity index (χ1) is 10.4. The van der Waals surface area contributed by atoms with E-state index in [0.717, 1.165) is 0 Å². The summed E-state index contributed by atoms with van der Waals surface area (Å²) in [7, 11) is 0. The molecule has 0 bridgehead atoms. The lowest BCUT2D eigenvalue weighted by molar-refractivity contribution is 0.102. The highest BCUT2D eigenvalue weighted by molar-refractivity contribution is 6.02. The van der Waals surface area contributed by atoms with Crippen LogP contribution in [0.4, 0.5) is 10.2 Å². The number of pyridine rings is 2. The van der Waals surface area contributed by atoms with Gasteiger partial charge >= 0.3 is 0 Å². The highest BCUT2D eigenvalue weighted by Crippen LogP contribution is 2.16. The molecule has 2 aromatic rings. The van der Waals surface area contributed by atoms with Crippen molar-refractivity contribution in [2.75, 3.05) is 5.32 Å². The zero-order chi connectivity index (χ0) is 16.3. The molecule has 0 spiro atoms. The Morgan fingerprint density at radius 2 is 2.05 bits per heavy atom. The number of hydrogen-bond donors (Lipinski definition) is 1. The van der Waals surface area contributed by atoms with Crippen LogP contribution in [-0.4, -0.2) is 15.9 Å². The third-order valence-electron chi connectivity index (χ3n) is 3.06. The van der Waals surface area contributed by atoms with Crippen LogP contribution >= 0.6 is 0 Å². The second-order valence-electron chi connectivity index (χ2n) is 5.15. The molecule has 112 valence electrons. The normalized spacial score (nSPS) is 10.4. The second kappa shape index (κ2) is 6.31. The van der Waals surface area contributed by atoms with Crippen LogP contribution in [0.25, 0.3) is 0 Å². The van der Waals surface area contributed by atoms with Crippen LogP contribution in [-0.2, 0) is 0 Å². The van der Waals surface area contributed by atoms with Crippen molar-refractivity contribution in [1.29, 1.82) is 5.26 Å². The van der Waals surface area contributed by atoms with Crippen LogP contribution in [0.1, 0.15) is 47.2 Å². The molecule has 2 rings (SSSR count). The fraction of sp³-hybridized carbons (Fsp3) is 0.250. The molecule has 0 aliphatic carbocycles. The SMILES string of the molecule is Cc1nc(NC(=O)c2cc(C#N)cc(C(C)C)n2)ccc1F. The summed E-state index contributed by atoms with van der Waals surface area (Å²) >= 11 is 0. The van der Waals surface area contributed by atoms with Crippen LogP contribution in [0.2, 0.25) is 0 Å². The number of hydrogen-bond acceptors (Lipinski definition) is 4. The van der Waals surface area contributed by atoms with Crippen molar-refractivity contribution in [2.45, 2.75) is 26.7 Å². The quantitative estimate of drug-likeness (QED) is 0.944. The van der Waals surface area contributed by atoms with Crippen molar-refractivity contribution in [3.63, 3.8) is 0 Å². The van der Waals surface area contributed by atoms with Gasteiger partial charge in [-0.2, -0.15) is 5.26 Å². The predicted molar refractivity (Wildman–Crippen MR) is 79.9 cm³/mol. The van der Waals surface area contributed by atoms with Crippen LogP contribution in [0.3, 0.4) is 0 Å². The Labute approximate surface area is 127 Å². The number of rotatable bonds is 3. The first kappa shape index (κ1) is 15.6. The van der Waals surface area contributed by atoms with Gasteiger partial charge in [-0.15, -0.1) is 0 Å². The highest BCUT2D eigenvalue weighted by atomic mass is 19.1. The van der Waals surface area contributed by atoms with Gasteiger partial charge in [0, 0.05) is 5.69 Å². The van der Waals surface area contributed by atoms with Crippen molar-refractivity contribution in [3.05, 3.63) is 52.7 Å². The maximum atomic E-state index is 13.2. The number of amides is 1. The second-order valence-corrected chi connectivity index (χ2v) is 5.15. The molecular formula is C16H15FN4O. The molecule has 0 atom stereocenters. The number of nitrogens with one attached hydrogen (secondary N) is 1. The molecule has 0 saturated heterocycles. The van der Waals surface area contributed by atoms with Crippen molar-refractivity contribution in [2.24, 2.45) is 0 Å². The molecule has 0 saturated carbocycles. The van der Waals surface area contributed by atoms with E-state index >= 15 is 0 Å². The number of halogens is 1. The van der Waals surface area contributed by atoms with E-state index in [4.69, 9.17) is 5.26 Å². The van der Waals surface area contributed by atoms with E-state index in [1.54, 1.807) is 6.07 Å². The average molecular weight is 298 g/mol. The summed E-state index contributed by atoms with van der Waals surface area (Å²) in [6.45, 7) is 5.36. The fourth-order valence-corrected chi connectivity index (χ4v) is 1.82. The van der Waals surface area contributed by atoms with Gasteiger partial charge in [0.15, 0.2) is 0 Å². The Kier molecular flexibility index (Phi) is 4.47. The van der Waals surface area contributed by atoms with Gasteiger partial charge < -0.3 is 5.32 Å². The number of carbonyl (C=O) groups excluding carboxylic acids is 1. The Balaban J connectivity index is 2.31. The molecule has 0 aliphatic rings. The minimum atomic E-state index is -0.488. The minimum Gasteiger partial charge on any atom is -0.305 e. The van der Waals surface area contributed by atoms with Crippen molar-refractivity contribution in [1.82, 2.24) is 9.97 Å². The van der Waals surface area contributed by atoms with E-state index < -0.39 is 11.7 Å². The van der Waals surface area contributed by atoms with E-state index in [1.807, 2.05) is 19.9 Å². The van der Waals surface area contributed by atoms with Gasteiger partial charge in [-0.05, 0) is 37.1 Å². The molecule has 0 aromatic carbocycles. The summed E-state index contributed by atoms with van der Waals surface area (Å²) < 4.78 is 13.2. The smallest absolute Gasteiger partial charge is 0.275 e. The highest BCUT2D eigenvalue weighted by Gasteiger charge is 2.13. The molecule has 6 heteroatoms. The van der Waals surface area contributed by atoms with E-state index in [9.17, 15) is 9.18 Å². The number of aryl methyl sites for hydroxylation is 1. The van der Waals surface area contributed by atoms with Crippen molar-refractivity contribution < 1.29 is 9.18 Å². The summed E-state index contributed by atoms with van der Waals surface area (Å²) in [5.41, 5.74) is 1.35. The molecule has 1 N–H and O–H groups in total. The third kappa shape index (κ3) is 3.44. The summed E-state index contributed by atoms with van der Waals surface area (Å²) in [6, 6.07) is 7.69. The topological polar surface area (TPSA) is 78.7 Å². The summed E-state index contributed by atoms with van der Waals surface area (Å²) in [6.07, 6.45) is 0. The predicted octanol–water partition coefficient (Wildman–Crippen LogP) is 3.17. The molecule has 22 heavy (non-hydrogen) atoms. The van der Waals surface area contributed by atoms with E-state index in [-0.39, 0.29) is 23.1 Å². The molecular weight excluding hydrogens is 283 g/mol. The standard InChI is InChI=1S/C16H15FN4O/c1-9(2)13-6-11(8-18)7-14(20-13)16(22)21-15-5-4-12(17)10(3)19-15/h4-7,9H,1-3H3,(H,19,21,22). The third-order valence-corrected chi connectivity index (χ3v) is 3.06. The Morgan fingerprint density at radius 1 is 1.32 bits per heavy atom. The van der Waals surface area contributed by atoms with Crippen LogP contribution in [0.5, 0.6) is 0 Å². The number of nitrogens with zero attached hydrogens (tertiary/aromatic N) is 3. The average Bonchev–Trinajstić information content (AvgIpc) is 2.50. The first-order valence-corrected chi connectivity index (χ1v) is 6.77. The maximum absolute atomic E-state index is 13.2. The number of carbonyl (C=O) groups is 1. The molecule has 1 amide bonds. The molecule has 2 heterocycles. The number of anilines is 1. The monoisotopic (exact) mass is 298 g/mol. The lowest BCUT2D eigenvalue weighted by Gasteiger charge is -2.09. The minimum absolute atomic E-state index is 0.0889. The van der Waals surface area contributed by atoms with Crippen molar-refractivity contribution in [3.8, 4) is 6.07 Å². The van der Waals surface area contributed by atoms with Crippen LogP contribution < -0.4 is 5.32 Å². The number of aromatic nitrogens is 2. The van der Waals surface area contributed by atoms with Gasteiger partial charge in [-0.3, -0.25) is 4.79 Å². The summed E-state index contributed by atoms with van der Waals surface area (Å²) in [5, 5.41) is 11.6. The molecule has 2 aromatic heterocycles. The van der Waals surface area contributed by atoms with Crippen LogP contribution in [0.15, 0.2) is 24.3 Å². The Morgan fingerprint density at radius 3 is 2.64 bits per heavy atom. The zero-order valence-electron chi connectivity index (χ0n) is 12.5. The van der Waals surface area contributed by atoms with Gasteiger partial charge in [0.2, 0.25) is 0 Å². The van der Waals surface area contributed by atoms with Gasteiger partial charge in [-0.25, -0.2) is 14.4 Å². The van der Waals surface area contributed by atoms with Gasteiger partial charge in [0.05, 0.1) is 17.3 Å². The van der Waals surface area contributed by atoms with Crippen molar-refractivity contribution >= 4 is 11.7 Å². The first-order valence-electron chi connectivity index (χ1n) is 6.77. The molecule has 5 nitrogen and oxygen atoms in total. The van der Waals surface area contributed by atoms with Gasteiger partial charge in [0.1, 0.15) is 17.3 Å². The van der Waals surface area contributed by atoms with Gasteiger partial charge in [0.25, 0.3) is 5.91 Å².